The molecule has 4 rings (SSSR count). The van der Waals surface area contributed by atoms with Gasteiger partial charge in [0.2, 0.25) is 5.78 Å². The molecule has 1 heterocycles. The Morgan fingerprint density at radius 3 is 2.50 bits per heavy atom. The van der Waals surface area contributed by atoms with Crippen LogP contribution in [0.2, 0.25) is 15.1 Å². The number of hydrogen-bond acceptors (Lipinski definition) is 3. The van der Waals surface area contributed by atoms with Crippen molar-refractivity contribution in [2.24, 2.45) is 0 Å². The van der Waals surface area contributed by atoms with E-state index in [0.717, 1.165) is 11.1 Å². The van der Waals surface area contributed by atoms with Gasteiger partial charge in [-0.15, -0.1) is 0 Å². The molecule has 3 aromatic carbocycles. The molecule has 28 heavy (non-hydrogen) atoms. The van der Waals surface area contributed by atoms with Crippen LogP contribution < -0.4 is 9.47 Å². The van der Waals surface area contributed by atoms with Gasteiger partial charge in [0.15, 0.2) is 5.76 Å². The van der Waals surface area contributed by atoms with Crippen LogP contribution in [0.25, 0.3) is 6.08 Å². The molecule has 0 amide bonds. The Bertz CT molecular complexity index is 1110. The average molecular weight is 432 g/mol. The minimum Gasteiger partial charge on any atom is -0.489 e. The van der Waals surface area contributed by atoms with Crippen LogP contribution in [-0.2, 0) is 6.61 Å². The summed E-state index contributed by atoms with van der Waals surface area (Å²) in [4.78, 5) is 12.6. The van der Waals surface area contributed by atoms with Crippen LogP contribution in [0.15, 0.2) is 66.4 Å². The van der Waals surface area contributed by atoms with E-state index in [9.17, 15) is 4.79 Å². The number of rotatable bonds is 4. The maximum Gasteiger partial charge on any atom is 0.231 e. The first-order valence-electron chi connectivity index (χ1n) is 8.41. The zero-order chi connectivity index (χ0) is 19.7. The molecule has 1 aliphatic rings. The fraction of sp³-hybridized carbons (Fsp3) is 0.0455. The number of carbonyl (C=O) groups is 1. The predicted molar refractivity (Wildman–Crippen MR) is 112 cm³/mol. The maximum absolute atomic E-state index is 12.6. The summed E-state index contributed by atoms with van der Waals surface area (Å²) in [6.07, 6.45) is 1.64. The maximum atomic E-state index is 12.6. The van der Waals surface area contributed by atoms with E-state index in [2.05, 4.69) is 0 Å². The molecule has 0 N–H and O–H groups in total. The average Bonchev–Trinajstić information content (AvgIpc) is 2.99. The molecule has 0 saturated heterocycles. The summed E-state index contributed by atoms with van der Waals surface area (Å²) in [5.74, 6) is 1.07. The highest BCUT2D eigenvalue weighted by Gasteiger charge is 2.28. The van der Waals surface area contributed by atoms with Gasteiger partial charge in [-0.25, -0.2) is 0 Å². The Morgan fingerprint density at radius 2 is 1.71 bits per heavy atom. The summed E-state index contributed by atoms with van der Waals surface area (Å²) in [5, 5.41) is 1.51. The molecule has 140 valence electrons. The number of Topliss-reactive ketones (excluding diaryl/α,β-unsaturated/α-hetero) is 1. The van der Waals surface area contributed by atoms with Crippen LogP contribution >= 0.6 is 34.8 Å². The third-order valence-electron chi connectivity index (χ3n) is 4.22. The summed E-state index contributed by atoms with van der Waals surface area (Å²) in [5.41, 5.74) is 2.09. The number of ether oxygens (including phenoxy) is 2. The Morgan fingerprint density at radius 1 is 0.893 bits per heavy atom. The fourth-order valence-corrected chi connectivity index (χ4v) is 3.30. The van der Waals surface area contributed by atoms with Gasteiger partial charge in [-0.05, 0) is 47.5 Å². The quantitative estimate of drug-likeness (QED) is 0.424. The van der Waals surface area contributed by atoms with Gasteiger partial charge in [-0.3, -0.25) is 4.79 Å². The Hall–Kier alpha value is -2.46. The third-order valence-corrected chi connectivity index (χ3v) is 5.31. The van der Waals surface area contributed by atoms with Gasteiger partial charge in [0, 0.05) is 11.1 Å². The van der Waals surface area contributed by atoms with Crippen LogP contribution in [0.4, 0.5) is 0 Å². The molecule has 0 bridgehead atoms. The van der Waals surface area contributed by atoms with E-state index in [-0.39, 0.29) is 11.5 Å². The van der Waals surface area contributed by atoms with Crippen LogP contribution in [0.1, 0.15) is 21.5 Å². The smallest absolute Gasteiger partial charge is 0.231 e. The Kier molecular flexibility index (Phi) is 5.31. The van der Waals surface area contributed by atoms with Crippen molar-refractivity contribution in [3.8, 4) is 11.5 Å². The molecule has 0 fully saturated rings. The number of ketones is 1. The highest BCUT2D eigenvalue weighted by Crippen LogP contribution is 2.35. The van der Waals surface area contributed by atoms with Crippen molar-refractivity contribution < 1.29 is 14.3 Å². The number of fused-ring (bicyclic) bond motifs is 1. The number of hydrogen-bond donors (Lipinski definition) is 0. The van der Waals surface area contributed by atoms with Crippen LogP contribution in [0.5, 0.6) is 11.5 Å². The van der Waals surface area contributed by atoms with E-state index < -0.39 is 0 Å². The molecule has 0 aliphatic carbocycles. The summed E-state index contributed by atoms with van der Waals surface area (Å²) in [7, 11) is 0. The van der Waals surface area contributed by atoms with E-state index in [1.54, 1.807) is 42.5 Å². The molecule has 0 aromatic heterocycles. The minimum absolute atomic E-state index is 0.189. The van der Waals surface area contributed by atoms with Crippen LogP contribution in [0.3, 0.4) is 0 Å². The second-order valence-electron chi connectivity index (χ2n) is 6.16. The lowest BCUT2D eigenvalue weighted by atomic mass is 10.1. The predicted octanol–water partition coefficient (Wildman–Crippen LogP) is 6.84. The lowest BCUT2D eigenvalue weighted by Gasteiger charge is -2.08. The first-order chi connectivity index (χ1) is 13.5. The second kappa shape index (κ2) is 7.88. The van der Waals surface area contributed by atoms with Crippen molar-refractivity contribution in [3.63, 3.8) is 0 Å². The lowest BCUT2D eigenvalue weighted by molar-refractivity contribution is 0.101. The standard InChI is InChI=1S/C22H13Cl3O3/c23-17-4-2-1-3-14(17)10-21-22(26)16-7-6-15(11-20(16)28-21)27-12-13-5-8-18(24)19(25)9-13/h1-11H,12H2. The Balaban J connectivity index is 1.52. The van der Waals surface area contributed by atoms with Gasteiger partial charge < -0.3 is 9.47 Å². The minimum atomic E-state index is -0.189. The molecule has 0 unspecified atom stereocenters. The highest BCUT2D eigenvalue weighted by molar-refractivity contribution is 6.42. The van der Waals surface area contributed by atoms with Crippen LogP contribution in [-0.4, -0.2) is 5.78 Å². The molecule has 3 nitrogen and oxygen atoms in total. The summed E-state index contributed by atoms with van der Waals surface area (Å²) in [6, 6.07) is 17.7. The van der Waals surface area contributed by atoms with Crippen molar-refractivity contribution in [1.82, 2.24) is 0 Å². The molecule has 0 atom stereocenters. The van der Waals surface area contributed by atoms with Gasteiger partial charge in [-0.1, -0.05) is 59.1 Å². The number of benzene rings is 3. The van der Waals surface area contributed by atoms with Crippen molar-refractivity contribution in [1.29, 1.82) is 0 Å². The summed E-state index contributed by atoms with van der Waals surface area (Å²) < 4.78 is 11.5. The number of carbonyl (C=O) groups excluding carboxylic acids is 1. The first-order valence-corrected chi connectivity index (χ1v) is 9.54. The van der Waals surface area contributed by atoms with Gasteiger partial charge >= 0.3 is 0 Å². The van der Waals surface area contributed by atoms with Crippen molar-refractivity contribution in [3.05, 3.63) is 98.2 Å². The van der Waals surface area contributed by atoms with Crippen LogP contribution in [0, 0.1) is 0 Å². The third kappa shape index (κ3) is 3.88. The largest absolute Gasteiger partial charge is 0.489 e. The van der Waals surface area contributed by atoms with E-state index in [4.69, 9.17) is 44.3 Å². The van der Waals surface area contributed by atoms with Crippen molar-refractivity contribution in [2.45, 2.75) is 6.61 Å². The SMILES string of the molecule is O=C1C(=Cc2ccccc2Cl)Oc2cc(OCc3ccc(Cl)c(Cl)c3)ccc21. The molecule has 1 aliphatic heterocycles. The fourth-order valence-electron chi connectivity index (χ4n) is 2.79. The molecule has 0 saturated carbocycles. The zero-order valence-electron chi connectivity index (χ0n) is 14.4. The lowest BCUT2D eigenvalue weighted by Crippen LogP contribution is -1.98. The molecular weight excluding hydrogens is 419 g/mol. The van der Waals surface area contributed by atoms with Crippen molar-refractivity contribution in [2.75, 3.05) is 0 Å². The van der Waals surface area contributed by atoms with Gasteiger partial charge in [-0.2, -0.15) is 0 Å². The molecule has 3 aromatic rings. The monoisotopic (exact) mass is 430 g/mol. The van der Waals surface area contributed by atoms with E-state index >= 15 is 0 Å². The Labute approximate surface area is 177 Å². The van der Waals surface area contributed by atoms with E-state index in [1.165, 1.54) is 0 Å². The normalized spacial score (nSPS) is 14.1. The van der Waals surface area contributed by atoms with Gasteiger partial charge in [0.1, 0.15) is 18.1 Å². The van der Waals surface area contributed by atoms with Crippen molar-refractivity contribution >= 4 is 46.7 Å². The molecule has 0 spiro atoms. The topological polar surface area (TPSA) is 35.5 Å². The molecular formula is C22H13Cl3O3. The van der Waals surface area contributed by atoms with Gasteiger partial charge in [0.05, 0.1) is 15.6 Å². The van der Waals surface area contributed by atoms with E-state index in [0.29, 0.717) is 38.7 Å². The molecule has 6 heteroatoms. The summed E-state index contributed by atoms with van der Waals surface area (Å²) in [6.45, 7) is 0.311. The highest BCUT2D eigenvalue weighted by atomic mass is 35.5. The first kappa shape index (κ1) is 18.9. The van der Waals surface area contributed by atoms with E-state index in [1.807, 2.05) is 24.3 Å². The van der Waals surface area contributed by atoms with Gasteiger partial charge in [0.25, 0.3) is 0 Å². The number of allylic oxidation sites excluding steroid dienone is 1. The zero-order valence-corrected chi connectivity index (χ0v) is 16.7. The second-order valence-corrected chi connectivity index (χ2v) is 7.38. The number of halogens is 3. The summed E-state index contributed by atoms with van der Waals surface area (Å²) >= 11 is 18.1. The molecule has 0 radical (unpaired) electrons.